The van der Waals surface area contributed by atoms with Crippen molar-refractivity contribution in [2.45, 2.75) is 12.5 Å². The number of rotatable bonds is 3. The van der Waals surface area contributed by atoms with Gasteiger partial charge in [0, 0.05) is 13.0 Å². The van der Waals surface area contributed by atoms with Crippen LogP contribution in [0.4, 0.5) is 0 Å². The molecule has 19 heavy (non-hydrogen) atoms. The molecule has 0 N–H and O–H groups in total. The maximum Gasteiger partial charge on any atom is 0.148 e. The van der Waals surface area contributed by atoms with Crippen LogP contribution >= 0.6 is 0 Å². The lowest BCUT2D eigenvalue weighted by molar-refractivity contribution is -0.117. The number of benzene rings is 2. The van der Waals surface area contributed by atoms with Crippen LogP contribution in [0.3, 0.4) is 0 Å². The van der Waals surface area contributed by atoms with Crippen molar-refractivity contribution in [1.82, 2.24) is 4.90 Å². The molecule has 0 atom stereocenters. The van der Waals surface area contributed by atoms with E-state index in [1.54, 1.807) is 0 Å². The third-order valence-corrected chi connectivity index (χ3v) is 3.65. The second-order valence-corrected chi connectivity index (χ2v) is 4.98. The van der Waals surface area contributed by atoms with Gasteiger partial charge < -0.3 is 0 Å². The van der Waals surface area contributed by atoms with Gasteiger partial charge in [0.2, 0.25) is 0 Å². The Kier molecular flexibility index (Phi) is 3.43. The molecule has 0 unspecified atom stereocenters. The Bertz CT molecular complexity index is 510. The molecule has 96 valence electrons. The third-order valence-electron chi connectivity index (χ3n) is 3.65. The first-order valence-corrected chi connectivity index (χ1v) is 6.70. The van der Waals surface area contributed by atoms with E-state index >= 15 is 0 Å². The maximum atomic E-state index is 11.6. The lowest BCUT2D eigenvalue weighted by Crippen LogP contribution is -2.27. The summed E-state index contributed by atoms with van der Waals surface area (Å²) in [5, 5.41) is 0. The van der Waals surface area contributed by atoms with Crippen LogP contribution in [0, 0.1) is 0 Å². The summed E-state index contributed by atoms with van der Waals surface area (Å²) < 4.78 is 0. The summed E-state index contributed by atoms with van der Waals surface area (Å²) in [5.74, 6) is 0.344. The number of carbonyl (C=O) groups is 1. The number of nitrogens with zero attached hydrogens (tertiary/aromatic N) is 1. The number of hydrogen-bond acceptors (Lipinski definition) is 2. The summed E-state index contributed by atoms with van der Waals surface area (Å²) in [4.78, 5) is 13.8. The second-order valence-electron chi connectivity index (χ2n) is 4.98. The Morgan fingerprint density at radius 3 is 1.79 bits per heavy atom. The molecule has 3 rings (SSSR count). The molecular formula is C17H17NO. The van der Waals surface area contributed by atoms with E-state index < -0.39 is 0 Å². The first-order chi connectivity index (χ1) is 9.34. The minimum absolute atomic E-state index is 0.189. The van der Waals surface area contributed by atoms with E-state index in [9.17, 15) is 4.79 Å². The summed E-state index contributed by atoms with van der Waals surface area (Å²) >= 11 is 0. The molecule has 0 radical (unpaired) electrons. The lowest BCUT2D eigenvalue weighted by Gasteiger charge is -2.27. The minimum Gasteiger partial charge on any atom is -0.298 e. The van der Waals surface area contributed by atoms with Crippen molar-refractivity contribution >= 4 is 5.78 Å². The molecule has 0 aromatic heterocycles. The normalized spacial score (nSPS) is 16.2. The van der Waals surface area contributed by atoms with E-state index in [-0.39, 0.29) is 6.04 Å². The summed E-state index contributed by atoms with van der Waals surface area (Å²) in [5.41, 5.74) is 2.51. The van der Waals surface area contributed by atoms with Gasteiger partial charge in [-0.25, -0.2) is 0 Å². The van der Waals surface area contributed by atoms with Crippen molar-refractivity contribution in [1.29, 1.82) is 0 Å². The van der Waals surface area contributed by atoms with Crippen molar-refractivity contribution < 1.29 is 4.79 Å². The Labute approximate surface area is 113 Å². The van der Waals surface area contributed by atoms with Gasteiger partial charge in [-0.05, 0) is 11.1 Å². The van der Waals surface area contributed by atoms with Crippen LogP contribution in [0.15, 0.2) is 60.7 Å². The van der Waals surface area contributed by atoms with Gasteiger partial charge >= 0.3 is 0 Å². The topological polar surface area (TPSA) is 20.3 Å². The zero-order valence-electron chi connectivity index (χ0n) is 10.8. The van der Waals surface area contributed by atoms with Crippen LogP contribution in [-0.4, -0.2) is 23.8 Å². The number of hydrogen-bond donors (Lipinski definition) is 0. The highest BCUT2D eigenvalue weighted by atomic mass is 16.1. The largest absolute Gasteiger partial charge is 0.298 e. The van der Waals surface area contributed by atoms with E-state index in [1.165, 1.54) is 11.1 Å². The van der Waals surface area contributed by atoms with Crippen LogP contribution in [-0.2, 0) is 4.79 Å². The Morgan fingerprint density at radius 2 is 1.37 bits per heavy atom. The van der Waals surface area contributed by atoms with Crippen LogP contribution in [0.5, 0.6) is 0 Å². The van der Waals surface area contributed by atoms with Gasteiger partial charge in [0.25, 0.3) is 0 Å². The molecule has 0 amide bonds. The summed E-state index contributed by atoms with van der Waals surface area (Å²) in [7, 11) is 0. The van der Waals surface area contributed by atoms with Gasteiger partial charge in [-0.2, -0.15) is 0 Å². The van der Waals surface area contributed by atoms with Gasteiger partial charge in [-0.15, -0.1) is 0 Å². The highest BCUT2D eigenvalue weighted by molar-refractivity contribution is 5.82. The van der Waals surface area contributed by atoms with E-state index in [1.807, 2.05) is 12.1 Å². The highest BCUT2D eigenvalue weighted by Crippen LogP contribution is 2.30. The predicted octanol–water partition coefficient (Wildman–Crippen LogP) is 3.05. The van der Waals surface area contributed by atoms with E-state index in [0.717, 1.165) is 6.54 Å². The monoisotopic (exact) mass is 251 g/mol. The van der Waals surface area contributed by atoms with Gasteiger partial charge in [0.1, 0.15) is 5.78 Å². The standard InChI is InChI=1S/C17H17NO/c19-16-11-12-18(13-16)17(14-7-3-1-4-8-14)15-9-5-2-6-10-15/h1-10,17H,11-13H2. The van der Waals surface area contributed by atoms with E-state index in [4.69, 9.17) is 0 Å². The molecule has 0 aliphatic carbocycles. The third kappa shape index (κ3) is 2.59. The van der Waals surface area contributed by atoms with E-state index in [0.29, 0.717) is 18.7 Å². The number of carbonyl (C=O) groups excluding carboxylic acids is 1. The fraction of sp³-hybridized carbons (Fsp3) is 0.235. The second kappa shape index (κ2) is 5.37. The quantitative estimate of drug-likeness (QED) is 0.835. The Balaban J connectivity index is 1.99. The molecule has 1 aliphatic heterocycles. The summed E-state index contributed by atoms with van der Waals surface area (Å²) in [6.07, 6.45) is 0.677. The van der Waals surface area contributed by atoms with Crippen molar-refractivity contribution in [3.05, 3.63) is 71.8 Å². The van der Waals surface area contributed by atoms with Crippen molar-refractivity contribution in [3.8, 4) is 0 Å². The average Bonchev–Trinajstić information content (AvgIpc) is 2.88. The molecule has 2 aromatic carbocycles. The molecule has 0 bridgehead atoms. The molecule has 1 fully saturated rings. The Morgan fingerprint density at radius 1 is 0.842 bits per heavy atom. The molecule has 2 nitrogen and oxygen atoms in total. The molecule has 2 heteroatoms. The molecule has 0 spiro atoms. The molecule has 1 heterocycles. The molecule has 1 saturated heterocycles. The first kappa shape index (κ1) is 12.1. The number of likely N-dealkylation sites (tertiary alicyclic amines) is 1. The molecular weight excluding hydrogens is 234 g/mol. The van der Waals surface area contributed by atoms with E-state index in [2.05, 4.69) is 53.4 Å². The van der Waals surface area contributed by atoms with Crippen LogP contribution < -0.4 is 0 Å². The van der Waals surface area contributed by atoms with Crippen molar-refractivity contribution in [2.24, 2.45) is 0 Å². The minimum atomic E-state index is 0.189. The fourth-order valence-electron chi connectivity index (χ4n) is 2.76. The summed E-state index contributed by atoms with van der Waals surface area (Å²) in [6.45, 7) is 1.42. The van der Waals surface area contributed by atoms with Gasteiger partial charge in [-0.1, -0.05) is 60.7 Å². The van der Waals surface area contributed by atoms with Crippen molar-refractivity contribution in [2.75, 3.05) is 13.1 Å². The first-order valence-electron chi connectivity index (χ1n) is 6.70. The smallest absolute Gasteiger partial charge is 0.148 e. The average molecular weight is 251 g/mol. The summed E-state index contributed by atoms with van der Waals surface area (Å²) in [6, 6.07) is 21.0. The lowest BCUT2D eigenvalue weighted by atomic mass is 9.97. The Hall–Kier alpha value is -1.93. The van der Waals surface area contributed by atoms with Crippen LogP contribution in [0.2, 0.25) is 0 Å². The van der Waals surface area contributed by atoms with Crippen LogP contribution in [0.1, 0.15) is 23.6 Å². The van der Waals surface area contributed by atoms with Gasteiger partial charge in [0.15, 0.2) is 0 Å². The highest BCUT2D eigenvalue weighted by Gasteiger charge is 2.28. The number of Topliss-reactive ketones (excluding diaryl/α,β-unsaturated/α-hetero) is 1. The zero-order chi connectivity index (χ0) is 13.1. The van der Waals surface area contributed by atoms with Gasteiger partial charge in [0.05, 0.1) is 12.6 Å². The zero-order valence-corrected chi connectivity index (χ0v) is 10.8. The van der Waals surface area contributed by atoms with Crippen LogP contribution in [0.25, 0.3) is 0 Å². The van der Waals surface area contributed by atoms with Gasteiger partial charge in [-0.3, -0.25) is 9.69 Å². The number of ketones is 1. The molecule has 2 aromatic rings. The molecule has 1 aliphatic rings. The van der Waals surface area contributed by atoms with Crippen molar-refractivity contribution in [3.63, 3.8) is 0 Å². The molecule has 0 saturated carbocycles. The predicted molar refractivity (Wildman–Crippen MR) is 75.9 cm³/mol. The maximum absolute atomic E-state index is 11.6. The SMILES string of the molecule is O=C1CCN(C(c2ccccc2)c2ccccc2)C1. The fourth-order valence-corrected chi connectivity index (χ4v) is 2.76.